The topological polar surface area (TPSA) is 42.5 Å². The van der Waals surface area contributed by atoms with Crippen LogP contribution >= 0.6 is 0 Å². The maximum absolute atomic E-state index is 5.11. The molecule has 0 saturated heterocycles. The lowest BCUT2D eigenvalue weighted by Gasteiger charge is -2.21. The smallest absolute Gasteiger partial charge is 0.107 e. The molecule has 74 valence electrons. The zero-order valence-corrected chi connectivity index (χ0v) is 7.88. The fourth-order valence-corrected chi connectivity index (χ4v) is 1.12. The van der Waals surface area contributed by atoms with Gasteiger partial charge in [-0.25, -0.2) is 0 Å². The molecule has 1 rings (SSSR count). The molecule has 0 aromatic heterocycles. The van der Waals surface area contributed by atoms with Crippen LogP contribution in [0, 0.1) is 0 Å². The molecule has 1 aliphatic heterocycles. The van der Waals surface area contributed by atoms with Crippen molar-refractivity contribution in [2.75, 3.05) is 26.8 Å². The third-order valence-corrected chi connectivity index (χ3v) is 1.75. The summed E-state index contributed by atoms with van der Waals surface area (Å²) >= 11 is 0. The number of hydroxylamine groups is 1. The number of nitrogens with one attached hydrogen (secondary N) is 2. The molecule has 0 bridgehead atoms. The Balaban J connectivity index is 2.28. The first-order valence-electron chi connectivity index (χ1n) is 4.30. The Hall–Kier alpha value is -0.840. The molecule has 0 aromatic carbocycles. The van der Waals surface area contributed by atoms with E-state index in [9.17, 15) is 0 Å². The van der Waals surface area contributed by atoms with E-state index >= 15 is 0 Å². The van der Waals surface area contributed by atoms with E-state index < -0.39 is 0 Å². The molecular formula is C9H16N2O2. The molecule has 1 heterocycles. The standard InChI is InChI=1S/C9H16N2O2/c1-3-4-13-11-8-5-9(12-2)7-10-6-8/h3,5,8,10-11H,1,4,6-7H2,2H3. The fourth-order valence-electron chi connectivity index (χ4n) is 1.12. The molecule has 2 N–H and O–H groups in total. The van der Waals surface area contributed by atoms with Gasteiger partial charge in [-0.05, 0) is 6.08 Å². The predicted molar refractivity (Wildman–Crippen MR) is 51.0 cm³/mol. The van der Waals surface area contributed by atoms with Crippen molar-refractivity contribution >= 4 is 0 Å². The van der Waals surface area contributed by atoms with E-state index in [2.05, 4.69) is 17.4 Å². The van der Waals surface area contributed by atoms with Gasteiger partial charge < -0.3 is 10.1 Å². The summed E-state index contributed by atoms with van der Waals surface area (Å²) in [7, 11) is 1.67. The minimum absolute atomic E-state index is 0.170. The zero-order chi connectivity index (χ0) is 9.52. The highest BCUT2D eigenvalue weighted by atomic mass is 16.6. The third-order valence-electron chi connectivity index (χ3n) is 1.75. The van der Waals surface area contributed by atoms with Gasteiger partial charge in [-0.1, -0.05) is 6.08 Å². The summed E-state index contributed by atoms with van der Waals surface area (Å²) in [6.45, 7) is 5.70. The molecule has 0 spiro atoms. The Bertz CT molecular complexity index is 192. The minimum atomic E-state index is 0.170. The van der Waals surface area contributed by atoms with Gasteiger partial charge in [-0.15, -0.1) is 6.58 Å². The van der Waals surface area contributed by atoms with Crippen molar-refractivity contribution in [1.29, 1.82) is 0 Å². The van der Waals surface area contributed by atoms with E-state index in [-0.39, 0.29) is 6.04 Å². The fraction of sp³-hybridized carbons (Fsp3) is 0.556. The summed E-state index contributed by atoms with van der Waals surface area (Å²) in [6.07, 6.45) is 3.71. The van der Waals surface area contributed by atoms with Crippen LogP contribution in [-0.4, -0.2) is 32.8 Å². The van der Waals surface area contributed by atoms with Gasteiger partial charge >= 0.3 is 0 Å². The van der Waals surface area contributed by atoms with Gasteiger partial charge in [-0.3, -0.25) is 4.84 Å². The molecule has 13 heavy (non-hydrogen) atoms. The molecule has 0 aromatic rings. The maximum atomic E-state index is 5.11. The molecule has 0 amide bonds. The Morgan fingerprint density at radius 1 is 1.85 bits per heavy atom. The first-order valence-corrected chi connectivity index (χ1v) is 4.30. The lowest BCUT2D eigenvalue weighted by Crippen LogP contribution is -2.42. The van der Waals surface area contributed by atoms with Gasteiger partial charge in [0.25, 0.3) is 0 Å². The van der Waals surface area contributed by atoms with Crippen molar-refractivity contribution in [3.05, 3.63) is 24.5 Å². The summed E-state index contributed by atoms with van der Waals surface area (Å²) < 4.78 is 5.11. The molecule has 4 heteroatoms. The number of hydrogen-bond donors (Lipinski definition) is 2. The van der Waals surface area contributed by atoms with Gasteiger partial charge in [0.1, 0.15) is 5.76 Å². The second-order valence-electron chi connectivity index (χ2n) is 2.79. The first-order chi connectivity index (χ1) is 6.36. The van der Waals surface area contributed by atoms with Crippen molar-refractivity contribution < 1.29 is 9.57 Å². The molecule has 1 atom stereocenters. The van der Waals surface area contributed by atoms with Crippen molar-refractivity contribution in [1.82, 2.24) is 10.8 Å². The van der Waals surface area contributed by atoms with Crippen molar-refractivity contribution in [3.8, 4) is 0 Å². The lowest BCUT2D eigenvalue weighted by molar-refractivity contribution is 0.0435. The minimum Gasteiger partial charge on any atom is -0.500 e. The van der Waals surface area contributed by atoms with Crippen LogP contribution in [0.1, 0.15) is 0 Å². The summed E-state index contributed by atoms with van der Waals surface area (Å²) in [5.74, 6) is 0.936. The van der Waals surface area contributed by atoms with Crippen LogP contribution in [0.15, 0.2) is 24.5 Å². The Morgan fingerprint density at radius 3 is 3.38 bits per heavy atom. The highest BCUT2D eigenvalue weighted by Crippen LogP contribution is 2.01. The number of ether oxygens (including phenoxy) is 1. The van der Waals surface area contributed by atoms with Gasteiger partial charge in [-0.2, -0.15) is 5.48 Å². The predicted octanol–water partition coefficient (Wildman–Crippen LogP) is 0.196. The van der Waals surface area contributed by atoms with E-state index in [4.69, 9.17) is 9.57 Å². The average molecular weight is 184 g/mol. The van der Waals surface area contributed by atoms with Crippen LogP contribution in [-0.2, 0) is 9.57 Å². The molecule has 1 aliphatic rings. The van der Waals surface area contributed by atoms with E-state index in [1.54, 1.807) is 13.2 Å². The summed E-state index contributed by atoms with van der Waals surface area (Å²) in [5, 5.41) is 3.20. The molecule has 0 aliphatic carbocycles. The second-order valence-corrected chi connectivity index (χ2v) is 2.79. The van der Waals surface area contributed by atoms with Gasteiger partial charge in [0.15, 0.2) is 0 Å². The molecular weight excluding hydrogens is 168 g/mol. The Morgan fingerprint density at radius 2 is 2.69 bits per heavy atom. The third kappa shape index (κ3) is 3.59. The van der Waals surface area contributed by atoms with Crippen molar-refractivity contribution in [3.63, 3.8) is 0 Å². The van der Waals surface area contributed by atoms with Crippen LogP contribution in [0.5, 0.6) is 0 Å². The van der Waals surface area contributed by atoms with Crippen LogP contribution in [0.25, 0.3) is 0 Å². The van der Waals surface area contributed by atoms with Crippen LogP contribution in [0.2, 0.25) is 0 Å². The zero-order valence-electron chi connectivity index (χ0n) is 7.88. The van der Waals surface area contributed by atoms with Crippen LogP contribution in [0.4, 0.5) is 0 Å². The monoisotopic (exact) mass is 184 g/mol. The van der Waals surface area contributed by atoms with Crippen molar-refractivity contribution in [2.45, 2.75) is 6.04 Å². The summed E-state index contributed by atoms with van der Waals surface area (Å²) in [4.78, 5) is 5.11. The number of rotatable bonds is 5. The van der Waals surface area contributed by atoms with E-state index in [0.29, 0.717) is 6.61 Å². The molecule has 0 saturated carbocycles. The second kappa shape index (κ2) is 5.75. The summed E-state index contributed by atoms with van der Waals surface area (Å²) in [6, 6.07) is 0.170. The largest absolute Gasteiger partial charge is 0.500 e. The van der Waals surface area contributed by atoms with Crippen molar-refractivity contribution in [2.24, 2.45) is 0 Å². The highest BCUT2D eigenvalue weighted by Gasteiger charge is 2.12. The molecule has 4 nitrogen and oxygen atoms in total. The van der Waals surface area contributed by atoms with E-state index in [0.717, 1.165) is 18.8 Å². The van der Waals surface area contributed by atoms with E-state index in [1.807, 2.05) is 6.08 Å². The Labute approximate surface area is 78.6 Å². The van der Waals surface area contributed by atoms with Gasteiger partial charge in [0, 0.05) is 6.54 Å². The lowest BCUT2D eigenvalue weighted by atomic mass is 10.2. The Kier molecular flexibility index (Phi) is 4.53. The SMILES string of the molecule is C=CCONC1C=C(OC)CNC1. The van der Waals surface area contributed by atoms with Gasteiger partial charge in [0.2, 0.25) is 0 Å². The summed E-state index contributed by atoms with van der Waals surface area (Å²) in [5.41, 5.74) is 2.90. The number of methoxy groups -OCH3 is 1. The normalized spacial score (nSPS) is 22.2. The van der Waals surface area contributed by atoms with Crippen LogP contribution < -0.4 is 10.8 Å². The van der Waals surface area contributed by atoms with Gasteiger partial charge in [0.05, 0.1) is 26.3 Å². The number of hydrogen-bond acceptors (Lipinski definition) is 4. The molecule has 1 unspecified atom stereocenters. The highest BCUT2D eigenvalue weighted by molar-refractivity contribution is 5.06. The van der Waals surface area contributed by atoms with E-state index in [1.165, 1.54) is 0 Å². The average Bonchev–Trinajstić information content (AvgIpc) is 2.19. The first kappa shape index (κ1) is 10.2. The molecule has 0 fully saturated rings. The molecule has 0 radical (unpaired) electrons. The quantitative estimate of drug-likeness (QED) is 0.364. The van der Waals surface area contributed by atoms with Crippen LogP contribution in [0.3, 0.4) is 0 Å². The maximum Gasteiger partial charge on any atom is 0.107 e.